The van der Waals surface area contributed by atoms with Crippen LogP contribution in [0.25, 0.3) is 0 Å². The van der Waals surface area contributed by atoms with E-state index in [1.807, 2.05) is 24.6 Å². The molecule has 0 heterocycles. The van der Waals surface area contributed by atoms with E-state index in [2.05, 4.69) is 18.1 Å². The summed E-state index contributed by atoms with van der Waals surface area (Å²) in [6, 6.07) is 10.2. The molecule has 0 aliphatic rings. The summed E-state index contributed by atoms with van der Waals surface area (Å²) in [6.07, 6.45) is 7.76. The van der Waals surface area contributed by atoms with E-state index in [9.17, 15) is 0 Å². The molecule has 0 N–H and O–H groups in total. The molecule has 0 unspecified atom stereocenters. The summed E-state index contributed by atoms with van der Waals surface area (Å²) in [5.74, 6) is 2.49. The maximum atomic E-state index is 5.07. The minimum Gasteiger partial charge on any atom is -0.345 e. The Kier molecular flexibility index (Phi) is 5.67. The van der Waals surface area contributed by atoms with Crippen molar-refractivity contribution in [3.05, 3.63) is 42.3 Å². The molecule has 0 atom stereocenters. The van der Waals surface area contributed by atoms with Crippen LogP contribution in [-0.2, 0) is 26.8 Å². The zero-order chi connectivity index (χ0) is 7.23. The Bertz CT molecular complexity index is 220. The molecule has 0 aliphatic heterocycles. The molecular formula is C10H9Re-. The Balaban J connectivity index is 0.000001000. The van der Waals surface area contributed by atoms with Gasteiger partial charge in [0.05, 0.1) is 0 Å². The Labute approximate surface area is 81.7 Å². The molecule has 1 rings (SSSR count). The second kappa shape index (κ2) is 6.05. The smallest absolute Gasteiger partial charge is 0 e. The quantitative estimate of drug-likeness (QED) is 0.579. The van der Waals surface area contributed by atoms with Crippen molar-refractivity contribution in [1.29, 1.82) is 0 Å². The summed E-state index contributed by atoms with van der Waals surface area (Å²) in [7, 11) is 0. The first-order valence-electron chi connectivity index (χ1n) is 3.25. The molecule has 0 amide bonds. The predicted octanol–water partition coefficient (Wildman–Crippen LogP) is 2.06. The van der Waals surface area contributed by atoms with Crippen LogP contribution in [0.15, 0.2) is 30.3 Å². The van der Waals surface area contributed by atoms with Crippen LogP contribution >= 0.6 is 0 Å². The first-order chi connectivity index (χ1) is 4.93. The summed E-state index contributed by atoms with van der Waals surface area (Å²) < 4.78 is 0. The minimum absolute atomic E-state index is 0. The van der Waals surface area contributed by atoms with Crippen molar-refractivity contribution >= 4 is 0 Å². The van der Waals surface area contributed by atoms with Crippen molar-refractivity contribution in [3.8, 4) is 12.3 Å². The first kappa shape index (κ1) is 10.3. The molecule has 0 spiro atoms. The molecule has 0 nitrogen and oxygen atoms in total. The molecular weight excluding hydrogens is 306 g/mol. The molecule has 1 heteroatoms. The normalized spacial score (nSPS) is 7.55. The number of benzene rings is 1. The summed E-state index contributed by atoms with van der Waals surface area (Å²) >= 11 is 0. The van der Waals surface area contributed by atoms with Crippen LogP contribution in [0.5, 0.6) is 0 Å². The van der Waals surface area contributed by atoms with Crippen molar-refractivity contribution in [3.63, 3.8) is 0 Å². The number of terminal acetylenes is 1. The Morgan fingerprint density at radius 2 is 1.91 bits per heavy atom. The number of hydrogen-bond donors (Lipinski definition) is 0. The van der Waals surface area contributed by atoms with Gasteiger partial charge >= 0.3 is 0 Å². The monoisotopic (exact) mass is 316 g/mol. The summed E-state index contributed by atoms with van der Waals surface area (Å²) in [4.78, 5) is 0. The fourth-order valence-electron chi connectivity index (χ4n) is 0.791. The van der Waals surface area contributed by atoms with Gasteiger partial charge in [0.2, 0.25) is 0 Å². The van der Waals surface area contributed by atoms with Gasteiger partial charge in [-0.25, -0.2) is 0 Å². The Hall–Kier alpha value is -0.688. The SMILES string of the molecule is C#C[CH-]Cc1ccccc1.[Re]. The van der Waals surface area contributed by atoms with E-state index in [-0.39, 0.29) is 20.4 Å². The van der Waals surface area contributed by atoms with Crippen LogP contribution in [0.4, 0.5) is 0 Å². The molecule has 0 fully saturated rings. The van der Waals surface area contributed by atoms with Crippen molar-refractivity contribution in [1.82, 2.24) is 0 Å². The molecule has 57 valence electrons. The van der Waals surface area contributed by atoms with Gasteiger partial charge in [0.1, 0.15) is 0 Å². The molecule has 0 aliphatic carbocycles. The first-order valence-corrected chi connectivity index (χ1v) is 3.25. The van der Waals surface area contributed by atoms with Crippen LogP contribution in [0, 0.1) is 18.8 Å². The Morgan fingerprint density at radius 1 is 1.27 bits per heavy atom. The van der Waals surface area contributed by atoms with Gasteiger partial charge in [-0.15, -0.1) is 0 Å². The molecule has 1 radical (unpaired) electrons. The third-order valence-electron chi connectivity index (χ3n) is 1.30. The molecule has 11 heavy (non-hydrogen) atoms. The van der Waals surface area contributed by atoms with Gasteiger partial charge in [-0.3, -0.25) is 5.92 Å². The van der Waals surface area contributed by atoms with Crippen LogP contribution in [0.3, 0.4) is 0 Å². The van der Waals surface area contributed by atoms with E-state index in [1.54, 1.807) is 0 Å². The second-order valence-electron chi connectivity index (χ2n) is 2.06. The van der Waals surface area contributed by atoms with Crippen LogP contribution in [0.1, 0.15) is 5.56 Å². The fraction of sp³-hybridized carbons (Fsp3) is 0.100. The third-order valence-corrected chi connectivity index (χ3v) is 1.30. The largest absolute Gasteiger partial charge is 0.345 e. The number of hydrogen-bond acceptors (Lipinski definition) is 0. The van der Waals surface area contributed by atoms with Gasteiger partial charge in [-0.1, -0.05) is 42.3 Å². The maximum Gasteiger partial charge on any atom is 0 e. The standard InChI is InChI=1S/C10H9.Re/c1-2-3-7-10-8-5-4-6-9-10;/h1,3-6,8-9H,7H2;/q-1;. The summed E-state index contributed by atoms with van der Waals surface area (Å²) in [5, 5.41) is 0. The van der Waals surface area contributed by atoms with E-state index in [4.69, 9.17) is 6.42 Å². The minimum atomic E-state index is 0. The van der Waals surface area contributed by atoms with E-state index in [0.717, 1.165) is 6.42 Å². The average molecular weight is 315 g/mol. The van der Waals surface area contributed by atoms with Crippen molar-refractivity contribution in [2.24, 2.45) is 0 Å². The zero-order valence-corrected chi connectivity index (χ0v) is 8.84. The summed E-state index contributed by atoms with van der Waals surface area (Å²) in [5.41, 5.74) is 1.26. The van der Waals surface area contributed by atoms with Gasteiger partial charge < -0.3 is 6.42 Å². The van der Waals surface area contributed by atoms with Crippen LogP contribution in [-0.4, -0.2) is 0 Å². The van der Waals surface area contributed by atoms with Crippen LogP contribution < -0.4 is 0 Å². The number of rotatable bonds is 2. The van der Waals surface area contributed by atoms with E-state index in [1.165, 1.54) is 5.56 Å². The van der Waals surface area contributed by atoms with Gasteiger partial charge in [-0.05, 0) is 0 Å². The molecule has 0 saturated carbocycles. The fourth-order valence-corrected chi connectivity index (χ4v) is 0.791. The topological polar surface area (TPSA) is 0 Å². The second-order valence-corrected chi connectivity index (χ2v) is 2.06. The van der Waals surface area contributed by atoms with E-state index in [0.29, 0.717) is 0 Å². The predicted molar refractivity (Wildman–Crippen MR) is 43.3 cm³/mol. The van der Waals surface area contributed by atoms with Crippen molar-refractivity contribution in [2.75, 3.05) is 0 Å². The third kappa shape index (κ3) is 3.89. The van der Waals surface area contributed by atoms with Gasteiger partial charge in [0.15, 0.2) is 0 Å². The molecule has 1 aromatic carbocycles. The van der Waals surface area contributed by atoms with Crippen LogP contribution in [0.2, 0.25) is 0 Å². The summed E-state index contributed by atoms with van der Waals surface area (Å²) in [6.45, 7) is 0. The molecule has 0 saturated heterocycles. The molecule has 0 bridgehead atoms. The van der Waals surface area contributed by atoms with Gasteiger partial charge in [0, 0.05) is 20.4 Å². The van der Waals surface area contributed by atoms with E-state index >= 15 is 0 Å². The molecule has 0 aromatic heterocycles. The maximum absolute atomic E-state index is 5.07. The van der Waals surface area contributed by atoms with Gasteiger partial charge in [0.25, 0.3) is 0 Å². The van der Waals surface area contributed by atoms with E-state index < -0.39 is 0 Å². The van der Waals surface area contributed by atoms with Crippen molar-refractivity contribution in [2.45, 2.75) is 6.42 Å². The van der Waals surface area contributed by atoms with Crippen molar-refractivity contribution < 1.29 is 20.4 Å². The van der Waals surface area contributed by atoms with Gasteiger partial charge in [-0.2, -0.15) is 6.42 Å². The average Bonchev–Trinajstić information content (AvgIpc) is 2.03. The molecule has 1 aromatic rings. The Morgan fingerprint density at radius 3 is 2.45 bits per heavy atom. The zero-order valence-electron chi connectivity index (χ0n) is 6.13.